The number of nitrogens with zero attached hydrogens (tertiary/aromatic N) is 3. The minimum atomic E-state index is -4.47. The zero-order chi connectivity index (χ0) is 16.5. The molecule has 0 atom stereocenters. The summed E-state index contributed by atoms with van der Waals surface area (Å²) >= 11 is 6.11. The molecule has 0 radical (unpaired) electrons. The maximum atomic E-state index is 12.8. The van der Waals surface area contributed by atoms with Crippen LogP contribution in [0.5, 0.6) is 0 Å². The fraction of sp³-hybridized carbons (Fsp3) is 0.125. The molecule has 1 aliphatic heterocycles. The Morgan fingerprint density at radius 3 is 2.30 bits per heavy atom. The molecule has 2 aromatic rings. The highest BCUT2D eigenvalue weighted by Gasteiger charge is 2.36. The van der Waals surface area contributed by atoms with Gasteiger partial charge in [0, 0.05) is 24.2 Å². The van der Waals surface area contributed by atoms with E-state index in [1.807, 2.05) is 36.7 Å². The number of quaternary nitrogens is 1. The van der Waals surface area contributed by atoms with Gasteiger partial charge in [0.15, 0.2) is 0 Å². The minimum absolute atomic E-state index is 0.0231. The van der Waals surface area contributed by atoms with Gasteiger partial charge in [-0.2, -0.15) is 13.2 Å². The molecule has 7 heteroatoms. The molecular weight excluding hydrogens is 327 g/mol. The smallest absolute Gasteiger partial charge is 0.265 e. The van der Waals surface area contributed by atoms with E-state index in [0.717, 1.165) is 17.8 Å². The SMILES string of the molecule is FC(F)(F)c1cnc([N+]2(Cc3ccncc3)C=CC=C2)c(Cl)c1. The Kier molecular flexibility index (Phi) is 3.95. The van der Waals surface area contributed by atoms with Gasteiger partial charge in [0.25, 0.3) is 5.82 Å². The van der Waals surface area contributed by atoms with Crippen LogP contribution in [0.3, 0.4) is 0 Å². The second-order valence-corrected chi connectivity index (χ2v) is 5.56. The van der Waals surface area contributed by atoms with Crippen molar-refractivity contribution in [3.8, 4) is 0 Å². The highest BCUT2D eigenvalue weighted by atomic mass is 35.5. The number of aromatic nitrogens is 2. The zero-order valence-electron chi connectivity index (χ0n) is 11.8. The predicted octanol–water partition coefficient (Wildman–Crippen LogP) is 4.70. The maximum Gasteiger partial charge on any atom is 0.417 e. The zero-order valence-corrected chi connectivity index (χ0v) is 12.6. The molecule has 0 N–H and O–H groups in total. The third kappa shape index (κ3) is 3.13. The van der Waals surface area contributed by atoms with Gasteiger partial charge in [-0.3, -0.25) is 4.98 Å². The average Bonchev–Trinajstić information content (AvgIpc) is 2.96. The van der Waals surface area contributed by atoms with Crippen molar-refractivity contribution >= 4 is 17.4 Å². The van der Waals surface area contributed by atoms with Crippen LogP contribution in [-0.2, 0) is 12.7 Å². The summed E-state index contributed by atoms with van der Waals surface area (Å²) in [6.07, 6.45) is 6.97. The molecule has 2 aromatic heterocycles. The number of alkyl halides is 3. The molecule has 23 heavy (non-hydrogen) atoms. The first-order chi connectivity index (χ1) is 10.9. The van der Waals surface area contributed by atoms with Crippen LogP contribution in [0.2, 0.25) is 5.02 Å². The van der Waals surface area contributed by atoms with E-state index in [9.17, 15) is 13.2 Å². The largest absolute Gasteiger partial charge is 0.417 e. The van der Waals surface area contributed by atoms with Crippen molar-refractivity contribution < 1.29 is 13.2 Å². The summed E-state index contributed by atoms with van der Waals surface area (Å²) in [6.45, 7) is 0.480. The van der Waals surface area contributed by atoms with E-state index in [0.29, 0.717) is 12.4 Å². The van der Waals surface area contributed by atoms with Crippen LogP contribution in [0.25, 0.3) is 0 Å². The van der Waals surface area contributed by atoms with Crippen molar-refractivity contribution in [2.45, 2.75) is 12.7 Å². The van der Waals surface area contributed by atoms with E-state index in [1.165, 1.54) is 0 Å². The van der Waals surface area contributed by atoms with E-state index in [1.54, 1.807) is 12.4 Å². The standard InChI is InChI=1S/C16H12ClF3N3/c17-14-9-13(16(18,19)20)10-22-15(14)23(7-1-2-8-23)11-12-3-5-21-6-4-12/h1-10H,11H2/q+1. The summed E-state index contributed by atoms with van der Waals surface area (Å²) < 4.78 is 38.5. The Morgan fingerprint density at radius 2 is 1.74 bits per heavy atom. The second kappa shape index (κ2) is 5.79. The Balaban J connectivity index is 2.03. The summed E-state index contributed by atoms with van der Waals surface area (Å²) in [5.74, 6) is 0.349. The molecule has 0 aliphatic carbocycles. The van der Waals surface area contributed by atoms with Gasteiger partial charge >= 0.3 is 6.18 Å². The van der Waals surface area contributed by atoms with Crippen molar-refractivity contribution in [2.24, 2.45) is 0 Å². The van der Waals surface area contributed by atoms with Gasteiger partial charge in [-0.05, 0) is 30.4 Å². The van der Waals surface area contributed by atoms with Gasteiger partial charge in [0.05, 0.1) is 5.56 Å². The molecule has 0 spiro atoms. The van der Waals surface area contributed by atoms with E-state index in [-0.39, 0.29) is 9.51 Å². The predicted molar refractivity (Wildman–Crippen MR) is 82.3 cm³/mol. The molecule has 0 saturated carbocycles. The number of hydrogen-bond donors (Lipinski definition) is 0. The molecule has 0 aromatic carbocycles. The van der Waals surface area contributed by atoms with Gasteiger partial charge in [0.1, 0.15) is 24.0 Å². The fourth-order valence-corrected chi connectivity index (χ4v) is 2.78. The van der Waals surface area contributed by atoms with Crippen molar-refractivity contribution in [1.29, 1.82) is 0 Å². The van der Waals surface area contributed by atoms with E-state index in [2.05, 4.69) is 9.97 Å². The molecule has 3 rings (SSSR count). The monoisotopic (exact) mass is 338 g/mol. The summed E-state index contributed by atoms with van der Waals surface area (Å²) in [7, 11) is 0. The molecule has 0 amide bonds. The van der Waals surface area contributed by atoms with Crippen LogP contribution < -0.4 is 4.48 Å². The van der Waals surface area contributed by atoms with Gasteiger partial charge in [-0.25, -0.2) is 9.47 Å². The van der Waals surface area contributed by atoms with Crippen molar-refractivity contribution in [3.63, 3.8) is 0 Å². The quantitative estimate of drug-likeness (QED) is 0.758. The molecule has 1 aliphatic rings. The maximum absolute atomic E-state index is 12.8. The molecular formula is C16H12ClF3N3+. The number of pyridine rings is 2. The Morgan fingerprint density at radius 1 is 1.09 bits per heavy atom. The van der Waals surface area contributed by atoms with Crippen LogP contribution >= 0.6 is 11.6 Å². The van der Waals surface area contributed by atoms with Crippen molar-refractivity contribution in [2.75, 3.05) is 0 Å². The summed E-state index contributed by atoms with van der Waals surface area (Å²) in [6, 6.07) is 4.60. The molecule has 118 valence electrons. The second-order valence-electron chi connectivity index (χ2n) is 5.15. The molecule has 0 saturated heterocycles. The molecule has 0 fully saturated rings. The molecule has 0 unspecified atom stereocenters. The average molecular weight is 339 g/mol. The van der Waals surface area contributed by atoms with Crippen LogP contribution in [0.15, 0.2) is 61.3 Å². The summed E-state index contributed by atoms with van der Waals surface area (Å²) in [5, 5.41) is -0.0231. The third-order valence-electron chi connectivity index (χ3n) is 3.55. The van der Waals surface area contributed by atoms with Gasteiger partial charge in [0.2, 0.25) is 0 Å². The lowest BCUT2D eigenvalue weighted by Crippen LogP contribution is -2.36. The summed E-state index contributed by atoms with van der Waals surface area (Å²) in [4.78, 5) is 7.96. The van der Waals surface area contributed by atoms with Crippen molar-refractivity contribution in [1.82, 2.24) is 14.5 Å². The van der Waals surface area contributed by atoms with E-state index >= 15 is 0 Å². The van der Waals surface area contributed by atoms with E-state index < -0.39 is 11.7 Å². The number of halogens is 4. The molecule has 3 nitrogen and oxygen atoms in total. The lowest BCUT2D eigenvalue weighted by Gasteiger charge is -2.28. The summed E-state index contributed by atoms with van der Waals surface area (Å²) in [5.41, 5.74) is 0.106. The van der Waals surface area contributed by atoms with Crippen LogP contribution in [0.1, 0.15) is 11.1 Å². The Bertz CT molecular complexity index is 758. The van der Waals surface area contributed by atoms with Crippen molar-refractivity contribution in [3.05, 3.63) is 77.5 Å². The normalized spacial score (nSPS) is 16.0. The number of allylic oxidation sites excluding steroid dienone is 2. The first-order valence-electron chi connectivity index (χ1n) is 6.77. The number of rotatable bonds is 3. The topological polar surface area (TPSA) is 25.8 Å². The van der Waals surface area contributed by atoms with Gasteiger partial charge < -0.3 is 0 Å². The minimum Gasteiger partial charge on any atom is -0.265 e. The lowest BCUT2D eigenvalue weighted by molar-refractivity contribution is -0.137. The fourth-order valence-electron chi connectivity index (χ4n) is 2.46. The highest BCUT2D eigenvalue weighted by Crippen LogP contribution is 2.38. The molecule has 0 bridgehead atoms. The van der Waals surface area contributed by atoms with Crippen LogP contribution in [-0.4, -0.2) is 9.97 Å². The first kappa shape index (κ1) is 15.7. The highest BCUT2D eigenvalue weighted by molar-refractivity contribution is 6.32. The van der Waals surface area contributed by atoms with E-state index in [4.69, 9.17) is 11.6 Å². The lowest BCUT2D eigenvalue weighted by atomic mass is 10.2. The Hall–Kier alpha value is -2.18. The van der Waals surface area contributed by atoms with Crippen LogP contribution in [0, 0.1) is 0 Å². The van der Waals surface area contributed by atoms with Gasteiger partial charge in [-0.15, -0.1) is 0 Å². The molecule has 3 heterocycles. The van der Waals surface area contributed by atoms with Crippen LogP contribution in [0.4, 0.5) is 19.0 Å². The Labute approximate surface area is 136 Å². The van der Waals surface area contributed by atoms with Gasteiger partial charge in [-0.1, -0.05) is 11.6 Å². The third-order valence-corrected chi connectivity index (χ3v) is 3.83. The number of hydrogen-bond acceptors (Lipinski definition) is 2. The first-order valence-corrected chi connectivity index (χ1v) is 7.15.